The number of anilines is 1. The minimum Gasteiger partial charge on any atom is -0.545 e. The zero-order valence-corrected chi connectivity index (χ0v) is 16.7. The normalized spacial score (nSPS) is 18.4. The second kappa shape index (κ2) is 9.41. The van der Waals surface area contributed by atoms with E-state index in [1.54, 1.807) is 12.1 Å². The quantitative estimate of drug-likeness (QED) is 0.594. The molecule has 0 radical (unpaired) electrons. The van der Waals surface area contributed by atoms with E-state index >= 15 is 0 Å². The number of hydrogen-bond donors (Lipinski definition) is 1. The fourth-order valence-corrected chi connectivity index (χ4v) is 3.79. The average molecular weight is 402 g/mol. The molecule has 1 aliphatic heterocycles. The van der Waals surface area contributed by atoms with Crippen molar-refractivity contribution in [3.8, 4) is 0 Å². The number of nitrogens with one attached hydrogen (secondary N) is 1. The summed E-state index contributed by atoms with van der Waals surface area (Å²) in [7, 11) is 0. The number of carboxylic acid groups (broad SMARTS) is 1. The summed E-state index contributed by atoms with van der Waals surface area (Å²) in [5, 5.41) is 15.3. The Balaban J connectivity index is 1.56. The maximum Gasteiger partial charge on any atom is 0.0715 e. The summed E-state index contributed by atoms with van der Waals surface area (Å²) >= 11 is 0. The van der Waals surface area contributed by atoms with Gasteiger partial charge >= 0.3 is 0 Å². The standard InChI is InChI=1S/C24H25N3O3/c28-24(29)19-8-10-22(11-9-19)26-25-17-21-7-6-20(16-18-4-2-1-3-5-18)23(21)27-12-14-30-15-13-27/h1-5,8-11,16-17,26H,6-7,12-15H2,(H,28,29)/p-1/b20-16?,25-17-. The van der Waals surface area contributed by atoms with Crippen LogP contribution < -0.4 is 10.5 Å². The number of benzene rings is 2. The molecule has 6 heteroatoms. The lowest BCUT2D eigenvalue weighted by Crippen LogP contribution is -2.36. The molecule has 2 aliphatic rings. The van der Waals surface area contributed by atoms with E-state index in [1.165, 1.54) is 34.5 Å². The minimum absolute atomic E-state index is 0.147. The Hall–Kier alpha value is -3.38. The number of rotatable bonds is 6. The van der Waals surface area contributed by atoms with E-state index in [2.05, 4.69) is 45.8 Å². The molecule has 6 nitrogen and oxygen atoms in total. The highest BCUT2D eigenvalue weighted by Crippen LogP contribution is 2.35. The fraction of sp³-hybridized carbons (Fsp3) is 0.250. The van der Waals surface area contributed by atoms with Crippen LogP contribution in [-0.2, 0) is 4.74 Å². The van der Waals surface area contributed by atoms with Crippen molar-refractivity contribution in [1.29, 1.82) is 0 Å². The first kappa shape index (κ1) is 19.9. The molecule has 0 aromatic heterocycles. The van der Waals surface area contributed by atoms with Crippen molar-refractivity contribution < 1.29 is 14.6 Å². The minimum atomic E-state index is -1.19. The Labute approximate surface area is 176 Å². The summed E-state index contributed by atoms with van der Waals surface area (Å²) in [4.78, 5) is 13.3. The molecule has 2 aromatic rings. The molecule has 0 bridgehead atoms. The maximum atomic E-state index is 10.9. The Morgan fingerprint density at radius 3 is 2.47 bits per heavy atom. The van der Waals surface area contributed by atoms with Gasteiger partial charge in [-0.3, -0.25) is 5.43 Å². The number of carbonyl (C=O) groups excluding carboxylic acids is 1. The molecule has 0 saturated carbocycles. The zero-order valence-electron chi connectivity index (χ0n) is 16.7. The van der Waals surface area contributed by atoms with Crippen LogP contribution in [-0.4, -0.2) is 43.4 Å². The van der Waals surface area contributed by atoms with E-state index in [1.807, 2.05) is 12.3 Å². The van der Waals surface area contributed by atoms with Crippen LogP contribution >= 0.6 is 0 Å². The third-order valence-corrected chi connectivity index (χ3v) is 5.27. The van der Waals surface area contributed by atoms with E-state index in [0.29, 0.717) is 0 Å². The van der Waals surface area contributed by atoms with Crippen LogP contribution in [0.25, 0.3) is 6.08 Å². The summed E-state index contributed by atoms with van der Waals surface area (Å²) in [6.07, 6.45) is 6.05. The number of ether oxygens (including phenoxy) is 1. The third-order valence-electron chi connectivity index (χ3n) is 5.27. The topological polar surface area (TPSA) is 77.0 Å². The summed E-state index contributed by atoms with van der Waals surface area (Å²) in [5.74, 6) is -1.19. The van der Waals surface area contributed by atoms with Crippen LogP contribution in [0.4, 0.5) is 5.69 Å². The summed E-state index contributed by atoms with van der Waals surface area (Å²) in [6, 6.07) is 16.7. The van der Waals surface area contributed by atoms with Crippen molar-refractivity contribution in [1.82, 2.24) is 4.90 Å². The van der Waals surface area contributed by atoms with Crippen molar-refractivity contribution in [2.75, 3.05) is 31.7 Å². The van der Waals surface area contributed by atoms with Gasteiger partial charge in [0, 0.05) is 18.8 Å². The van der Waals surface area contributed by atoms with Crippen LogP contribution in [0.3, 0.4) is 0 Å². The molecular weight excluding hydrogens is 378 g/mol. The summed E-state index contributed by atoms with van der Waals surface area (Å²) in [6.45, 7) is 3.21. The SMILES string of the molecule is O=C([O-])c1ccc(N/N=C\C2=C(N3CCOCC3)C(=Cc3ccccc3)CC2)cc1. The van der Waals surface area contributed by atoms with Crippen molar-refractivity contribution in [2.24, 2.45) is 5.10 Å². The highest BCUT2D eigenvalue weighted by molar-refractivity contribution is 5.86. The van der Waals surface area contributed by atoms with E-state index in [4.69, 9.17) is 4.74 Å². The Bertz CT molecular complexity index is 973. The monoisotopic (exact) mass is 402 g/mol. The van der Waals surface area contributed by atoms with Crippen LogP contribution in [0.1, 0.15) is 28.8 Å². The fourth-order valence-electron chi connectivity index (χ4n) is 3.79. The van der Waals surface area contributed by atoms with Crippen LogP contribution in [0.2, 0.25) is 0 Å². The van der Waals surface area contributed by atoms with Gasteiger partial charge in [0.05, 0.1) is 31.1 Å². The molecule has 1 saturated heterocycles. The first-order valence-corrected chi connectivity index (χ1v) is 10.1. The van der Waals surface area contributed by atoms with Crippen molar-refractivity contribution in [3.05, 3.63) is 82.6 Å². The first-order valence-electron chi connectivity index (χ1n) is 10.1. The number of carboxylic acids is 1. The number of aromatic carboxylic acids is 1. The highest BCUT2D eigenvalue weighted by atomic mass is 16.5. The number of hydrogen-bond acceptors (Lipinski definition) is 6. The van der Waals surface area contributed by atoms with E-state index in [-0.39, 0.29) is 5.56 Å². The molecule has 0 spiro atoms. The highest BCUT2D eigenvalue weighted by Gasteiger charge is 2.25. The molecule has 4 rings (SSSR count). The second-order valence-corrected chi connectivity index (χ2v) is 7.29. The molecule has 1 aliphatic carbocycles. The number of hydrazone groups is 1. The predicted octanol–water partition coefficient (Wildman–Crippen LogP) is 2.91. The Morgan fingerprint density at radius 2 is 1.77 bits per heavy atom. The van der Waals surface area contributed by atoms with Crippen molar-refractivity contribution >= 4 is 23.9 Å². The molecule has 1 N–H and O–H groups in total. The van der Waals surface area contributed by atoms with Crippen LogP contribution in [0.15, 0.2) is 76.5 Å². The third kappa shape index (κ3) is 4.78. The smallest absolute Gasteiger partial charge is 0.0715 e. The van der Waals surface area contributed by atoms with Gasteiger partial charge in [0.2, 0.25) is 0 Å². The molecule has 1 fully saturated rings. The van der Waals surface area contributed by atoms with Gasteiger partial charge in [0.1, 0.15) is 0 Å². The molecule has 154 valence electrons. The van der Waals surface area contributed by atoms with Gasteiger partial charge < -0.3 is 19.5 Å². The molecule has 0 atom stereocenters. The van der Waals surface area contributed by atoms with Gasteiger partial charge in [0.15, 0.2) is 0 Å². The lowest BCUT2D eigenvalue weighted by Gasteiger charge is -2.31. The molecule has 30 heavy (non-hydrogen) atoms. The Kier molecular flexibility index (Phi) is 6.25. The van der Waals surface area contributed by atoms with E-state index in [0.717, 1.165) is 44.8 Å². The van der Waals surface area contributed by atoms with Crippen molar-refractivity contribution in [3.63, 3.8) is 0 Å². The van der Waals surface area contributed by atoms with Gasteiger partial charge in [0.25, 0.3) is 0 Å². The van der Waals surface area contributed by atoms with Gasteiger partial charge in [-0.05, 0) is 53.3 Å². The first-order chi connectivity index (χ1) is 14.7. The van der Waals surface area contributed by atoms with E-state index < -0.39 is 5.97 Å². The van der Waals surface area contributed by atoms with Crippen molar-refractivity contribution in [2.45, 2.75) is 12.8 Å². The molecule has 2 aromatic carbocycles. The van der Waals surface area contributed by atoms with Crippen LogP contribution in [0, 0.1) is 0 Å². The van der Waals surface area contributed by atoms with E-state index in [9.17, 15) is 9.90 Å². The number of allylic oxidation sites excluding steroid dienone is 2. The zero-order chi connectivity index (χ0) is 20.8. The number of nitrogens with zero attached hydrogens (tertiary/aromatic N) is 2. The lowest BCUT2D eigenvalue weighted by atomic mass is 10.1. The Morgan fingerprint density at radius 1 is 1.03 bits per heavy atom. The maximum absolute atomic E-state index is 10.9. The van der Waals surface area contributed by atoms with Crippen LogP contribution in [0.5, 0.6) is 0 Å². The number of morpholine rings is 1. The molecule has 1 heterocycles. The molecular formula is C24H24N3O3-. The lowest BCUT2D eigenvalue weighted by molar-refractivity contribution is -0.255. The average Bonchev–Trinajstić information content (AvgIpc) is 3.17. The summed E-state index contributed by atoms with van der Waals surface area (Å²) < 4.78 is 5.54. The second-order valence-electron chi connectivity index (χ2n) is 7.29. The van der Waals surface area contributed by atoms with Gasteiger partial charge in [-0.25, -0.2) is 0 Å². The molecule has 0 amide bonds. The van der Waals surface area contributed by atoms with Gasteiger partial charge in [-0.15, -0.1) is 0 Å². The summed E-state index contributed by atoms with van der Waals surface area (Å²) in [5.41, 5.74) is 8.82. The molecule has 0 unspecified atom stereocenters. The van der Waals surface area contributed by atoms with Gasteiger partial charge in [-0.1, -0.05) is 42.5 Å². The predicted molar refractivity (Wildman–Crippen MR) is 116 cm³/mol. The van der Waals surface area contributed by atoms with Gasteiger partial charge in [-0.2, -0.15) is 5.10 Å². The largest absolute Gasteiger partial charge is 0.545 e. The number of carbonyl (C=O) groups is 1.